The Hall–Kier alpha value is -3.82. The number of amides is 2. The third-order valence-electron chi connectivity index (χ3n) is 7.86. The molecule has 0 atom stereocenters. The fourth-order valence-corrected chi connectivity index (χ4v) is 7.30. The number of amidine groups is 1. The van der Waals surface area contributed by atoms with Crippen LogP contribution in [-0.2, 0) is 33.1 Å². The van der Waals surface area contributed by atoms with E-state index in [0.29, 0.717) is 33.9 Å². The van der Waals surface area contributed by atoms with Gasteiger partial charge >= 0.3 is 6.03 Å². The lowest BCUT2D eigenvalue weighted by molar-refractivity contribution is 0.180. The summed E-state index contributed by atoms with van der Waals surface area (Å²) in [6.07, 6.45) is 2.35. The molecule has 0 aromatic heterocycles. The number of primary sulfonamides is 1. The SMILES string of the molecule is CCCCN1CCN(C(=N)c2cccc(NC(=O)Nc3ccc(S(=O)(=O)N4Cc5ccc(S(N)(=O)=O)cc5C4)cc3)c2)CC1. The van der Waals surface area contributed by atoms with Gasteiger partial charge in [0.15, 0.2) is 0 Å². The van der Waals surface area contributed by atoms with Crippen molar-refractivity contribution < 1.29 is 21.6 Å². The first kappa shape index (κ1) is 31.6. The van der Waals surface area contributed by atoms with Crippen molar-refractivity contribution in [3.63, 3.8) is 0 Å². The number of carbonyl (C=O) groups excluding carboxylic acids is 1. The molecule has 3 aromatic carbocycles. The summed E-state index contributed by atoms with van der Waals surface area (Å²) >= 11 is 0. The molecule has 2 amide bonds. The molecule has 2 aliphatic rings. The van der Waals surface area contributed by atoms with Gasteiger partial charge in [0.25, 0.3) is 0 Å². The van der Waals surface area contributed by atoms with E-state index in [2.05, 4.69) is 27.4 Å². The van der Waals surface area contributed by atoms with Crippen molar-refractivity contribution in [2.24, 2.45) is 5.14 Å². The van der Waals surface area contributed by atoms with Gasteiger partial charge in [-0.2, -0.15) is 4.31 Å². The summed E-state index contributed by atoms with van der Waals surface area (Å²) < 4.78 is 51.2. The highest BCUT2D eigenvalue weighted by atomic mass is 32.2. The topological polar surface area (TPSA) is 169 Å². The number of benzene rings is 3. The molecule has 14 heteroatoms. The van der Waals surface area contributed by atoms with Gasteiger partial charge in [-0.3, -0.25) is 10.3 Å². The van der Waals surface area contributed by atoms with E-state index >= 15 is 0 Å². The highest BCUT2D eigenvalue weighted by Crippen LogP contribution is 2.30. The second-order valence-corrected chi connectivity index (χ2v) is 14.5. The van der Waals surface area contributed by atoms with Crippen molar-refractivity contribution in [3.8, 4) is 0 Å². The van der Waals surface area contributed by atoms with Gasteiger partial charge in [0, 0.05) is 56.2 Å². The van der Waals surface area contributed by atoms with Gasteiger partial charge in [-0.1, -0.05) is 31.5 Å². The van der Waals surface area contributed by atoms with Crippen LogP contribution in [0, 0.1) is 5.41 Å². The fraction of sp³-hybridized carbons (Fsp3) is 0.333. The average Bonchev–Trinajstić information content (AvgIpc) is 3.45. The van der Waals surface area contributed by atoms with Crippen LogP contribution in [0.15, 0.2) is 76.5 Å². The standard InChI is InChI=1S/C30H37N7O5S2/c1-2-3-13-35-14-16-36(17-15-35)29(31)22-5-4-6-26(18-22)34-30(38)33-25-8-11-27(12-9-25)44(41,42)37-20-23-7-10-28(43(32,39)40)19-24(23)21-37/h4-12,18-19,31H,2-3,13-17,20-21H2,1H3,(H2,32,39,40)(H2,33,34,38). The number of nitrogens with one attached hydrogen (secondary N) is 3. The summed E-state index contributed by atoms with van der Waals surface area (Å²) in [6, 6.07) is 16.8. The minimum Gasteiger partial charge on any atom is -0.354 e. The maximum absolute atomic E-state index is 13.3. The van der Waals surface area contributed by atoms with Crippen LogP contribution in [0.2, 0.25) is 0 Å². The quantitative estimate of drug-likeness (QED) is 0.205. The number of piperazine rings is 1. The zero-order chi connectivity index (χ0) is 31.5. The smallest absolute Gasteiger partial charge is 0.323 e. The van der Waals surface area contributed by atoms with Crippen molar-refractivity contribution in [2.45, 2.75) is 42.6 Å². The molecule has 5 rings (SSSR count). The van der Waals surface area contributed by atoms with Crippen LogP contribution in [0.1, 0.15) is 36.5 Å². The Labute approximate surface area is 258 Å². The zero-order valence-electron chi connectivity index (χ0n) is 24.5. The summed E-state index contributed by atoms with van der Waals surface area (Å²) in [4.78, 5) is 17.2. The Morgan fingerprint density at radius 1 is 0.841 bits per heavy atom. The molecule has 2 aliphatic heterocycles. The van der Waals surface area contributed by atoms with Crippen molar-refractivity contribution in [2.75, 3.05) is 43.4 Å². The van der Waals surface area contributed by atoms with E-state index in [9.17, 15) is 21.6 Å². The van der Waals surface area contributed by atoms with Crippen molar-refractivity contribution in [3.05, 3.63) is 83.4 Å². The van der Waals surface area contributed by atoms with Crippen LogP contribution in [0.25, 0.3) is 0 Å². The zero-order valence-corrected chi connectivity index (χ0v) is 26.1. The van der Waals surface area contributed by atoms with E-state index in [4.69, 9.17) is 10.5 Å². The van der Waals surface area contributed by atoms with Gasteiger partial charge in [0.1, 0.15) is 5.84 Å². The van der Waals surface area contributed by atoms with E-state index in [1.54, 1.807) is 24.3 Å². The van der Waals surface area contributed by atoms with Crippen LogP contribution in [0.3, 0.4) is 0 Å². The van der Waals surface area contributed by atoms with Gasteiger partial charge in [0.05, 0.1) is 9.79 Å². The molecule has 2 heterocycles. The number of hydrogen-bond acceptors (Lipinski definition) is 7. The summed E-state index contributed by atoms with van der Waals surface area (Å²) in [5.74, 6) is 0.423. The normalized spacial score (nSPS) is 16.0. The van der Waals surface area contributed by atoms with Gasteiger partial charge in [-0.05, 0) is 72.6 Å². The molecule has 3 aromatic rings. The summed E-state index contributed by atoms with van der Waals surface area (Å²) in [5.41, 5.74) is 2.93. The Morgan fingerprint density at radius 3 is 2.18 bits per heavy atom. The number of anilines is 2. The predicted octanol–water partition coefficient (Wildman–Crippen LogP) is 3.43. The third kappa shape index (κ3) is 7.27. The minimum absolute atomic E-state index is 0.0229. The molecule has 12 nitrogen and oxygen atoms in total. The summed E-state index contributed by atoms with van der Waals surface area (Å²) in [7, 11) is -7.78. The molecule has 0 spiro atoms. The first-order chi connectivity index (χ1) is 20.9. The van der Waals surface area contributed by atoms with E-state index in [1.165, 1.54) is 53.5 Å². The predicted molar refractivity (Wildman–Crippen MR) is 170 cm³/mol. The number of nitrogens with two attached hydrogens (primary N) is 1. The second kappa shape index (κ2) is 13.0. The number of hydrogen-bond donors (Lipinski definition) is 4. The van der Waals surface area contributed by atoms with Crippen LogP contribution in [0.5, 0.6) is 0 Å². The maximum Gasteiger partial charge on any atom is 0.323 e. The molecule has 1 saturated heterocycles. The number of urea groups is 1. The van der Waals surface area contributed by atoms with Crippen LogP contribution >= 0.6 is 0 Å². The van der Waals surface area contributed by atoms with Crippen LogP contribution in [-0.4, -0.2) is 75.5 Å². The molecule has 0 radical (unpaired) electrons. The summed E-state index contributed by atoms with van der Waals surface area (Å²) in [5, 5.41) is 19.4. The maximum atomic E-state index is 13.3. The van der Waals surface area contributed by atoms with Crippen molar-refractivity contribution in [1.29, 1.82) is 5.41 Å². The number of fused-ring (bicyclic) bond motifs is 1. The molecule has 0 bridgehead atoms. The number of carbonyl (C=O) groups is 1. The number of unbranched alkanes of at least 4 members (excludes halogenated alkanes) is 1. The van der Waals surface area contributed by atoms with Crippen molar-refractivity contribution >= 4 is 43.3 Å². The highest BCUT2D eigenvalue weighted by Gasteiger charge is 2.31. The first-order valence-corrected chi connectivity index (χ1v) is 17.4. The van der Waals surface area contributed by atoms with Gasteiger partial charge < -0.3 is 15.5 Å². The molecule has 0 saturated carbocycles. The first-order valence-electron chi connectivity index (χ1n) is 14.4. The van der Waals surface area contributed by atoms with Crippen LogP contribution < -0.4 is 15.8 Å². The van der Waals surface area contributed by atoms with E-state index in [1.807, 2.05) is 6.07 Å². The Bertz CT molecular complexity index is 1750. The largest absolute Gasteiger partial charge is 0.354 e. The average molecular weight is 640 g/mol. The van der Waals surface area contributed by atoms with E-state index in [-0.39, 0.29) is 22.9 Å². The van der Waals surface area contributed by atoms with Crippen molar-refractivity contribution in [1.82, 2.24) is 14.1 Å². The molecule has 0 aliphatic carbocycles. The van der Waals surface area contributed by atoms with Crippen LogP contribution in [0.4, 0.5) is 16.2 Å². The lowest BCUT2D eigenvalue weighted by Crippen LogP contribution is -2.48. The highest BCUT2D eigenvalue weighted by molar-refractivity contribution is 7.89. The lowest BCUT2D eigenvalue weighted by atomic mass is 10.1. The molecule has 5 N–H and O–H groups in total. The fourth-order valence-electron chi connectivity index (χ4n) is 5.34. The Kier molecular flexibility index (Phi) is 9.37. The van der Waals surface area contributed by atoms with Gasteiger partial charge in [-0.15, -0.1) is 0 Å². The monoisotopic (exact) mass is 639 g/mol. The van der Waals surface area contributed by atoms with E-state index < -0.39 is 26.1 Å². The minimum atomic E-state index is -3.90. The Balaban J connectivity index is 1.17. The molecule has 1 fully saturated rings. The van der Waals surface area contributed by atoms with Gasteiger partial charge in [0.2, 0.25) is 20.0 Å². The number of rotatable bonds is 9. The van der Waals surface area contributed by atoms with Gasteiger partial charge in [-0.25, -0.2) is 26.8 Å². The molecule has 234 valence electrons. The Morgan fingerprint density at radius 2 is 1.50 bits per heavy atom. The summed E-state index contributed by atoms with van der Waals surface area (Å²) in [6.45, 7) is 6.83. The second-order valence-electron chi connectivity index (χ2n) is 11.0. The molecular formula is C30H37N7O5S2. The molecular weight excluding hydrogens is 603 g/mol. The molecule has 44 heavy (non-hydrogen) atoms. The molecule has 0 unspecified atom stereocenters. The third-order valence-corrected chi connectivity index (χ3v) is 10.6. The number of nitrogens with zero attached hydrogens (tertiary/aromatic N) is 3. The number of sulfonamides is 2. The van der Waals surface area contributed by atoms with E-state index in [0.717, 1.165) is 32.7 Å². The lowest BCUT2D eigenvalue weighted by Gasteiger charge is -2.36.